The Morgan fingerprint density at radius 2 is 1.74 bits per heavy atom. The summed E-state index contributed by atoms with van der Waals surface area (Å²) in [6.07, 6.45) is 0.195. The third-order valence-corrected chi connectivity index (χ3v) is 7.13. The van der Waals surface area contributed by atoms with Crippen molar-refractivity contribution in [2.75, 3.05) is 31.1 Å². The Bertz CT molecular complexity index is 1070. The molecule has 2 amide bonds. The summed E-state index contributed by atoms with van der Waals surface area (Å²) in [5.74, 6) is 0. The van der Waals surface area contributed by atoms with E-state index in [2.05, 4.69) is 39.9 Å². The lowest BCUT2D eigenvalue weighted by Crippen LogP contribution is -2.55. The van der Waals surface area contributed by atoms with E-state index in [9.17, 15) is 9.59 Å². The molecule has 0 saturated carbocycles. The number of nitrogens with zero attached hydrogens (tertiary/aromatic N) is 3. The Balaban J connectivity index is 1.46. The van der Waals surface area contributed by atoms with Gasteiger partial charge in [0.1, 0.15) is 12.2 Å². The molecule has 1 fully saturated rings. The Hall–Kier alpha value is -2.74. The van der Waals surface area contributed by atoms with E-state index in [0.717, 1.165) is 27.7 Å². The van der Waals surface area contributed by atoms with Crippen molar-refractivity contribution in [1.82, 2.24) is 9.80 Å². The lowest BCUT2D eigenvalue weighted by molar-refractivity contribution is 0.0158. The normalized spacial score (nSPS) is 18.2. The van der Waals surface area contributed by atoms with Crippen molar-refractivity contribution in [2.45, 2.75) is 58.9 Å². The van der Waals surface area contributed by atoms with Gasteiger partial charge in [-0.1, -0.05) is 46.3 Å². The van der Waals surface area contributed by atoms with Gasteiger partial charge < -0.3 is 24.2 Å². The number of hydrogen-bond donors (Lipinski definition) is 0. The molecule has 1 atom stereocenters. The number of fused-ring (bicyclic) bond motifs is 1. The molecule has 0 spiro atoms. The second-order valence-corrected chi connectivity index (χ2v) is 11.1. The number of hydrogen-bond acceptors (Lipinski definition) is 5. The molecule has 8 heteroatoms. The lowest BCUT2D eigenvalue weighted by Gasteiger charge is -2.42. The molecular formula is C27H34BrN3O4. The van der Waals surface area contributed by atoms with Crippen LogP contribution in [0.4, 0.5) is 15.3 Å². The number of piperazine rings is 1. The van der Waals surface area contributed by atoms with Gasteiger partial charge in [0.2, 0.25) is 0 Å². The molecule has 2 aliphatic rings. The first-order chi connectivity index (χ1) is 16.6. The molecule has 2 heterocycles. The minimum Gasteiger partial charge on any atom is -0.445 e. The van der Waals surface area contributed by atoms with Gasteiger partial charge in [0.05, 0.1) is 6.54 Å². The zero-order chi connectivity index (χ0) is 25.2. The van der Waals surface area contributed by atoms with Gasteiger partial charge in [0.15, 0.2) is 0 Å². The molecule has 2 aromatic rings. The minimum absolute atomic E-state index is 0.00780. The highest BCUT2D eigenvalue weighted by Crippen LogP contribution is 2.35. The van der Waals surface area contributed by atoms with E-state index in [0.29, 0.717) is 32.7 Å². The number of rotatable bonds is 3. The molecule has 1 saturated heterocycles. The van der Waals surface area contributed by atoms with Gasteiger partial charge in [0, 0.05) is 42.4 Å². The molecule has 2 aliphatic heterocycles. The van der Waals surface area contributed by atoms with E-state index in [1.807, 2.05) is 51.1 Å². The molecule has 0 unspecified atom stereocenters. The summed E-state index contributed by atoms with van der Waals surface area (Å²) in [5, 5.41) is 0. The first-order valence-corrected chi connectivity index (χ1v) is 12.9. The third kappa shape index (κ3) is 6.10. The molecule has 0 aliphatic carbocycles. The summed E-state index contributed by atoms with van der Waals surface area (Å²) in [4.78, 5) is 31.4. The van der Waals surface area contributed by atoms with Crippen LogP contribution in [0, 0.1) is 0 Å². The van der Waals surface area contributed by atoms with E-state index in [1.165, 1.54) is 5.56 Å². The van der Waals surface area contributed by atoms with E-state index in [-0.39, 0.29) is 24.8 Å². The summed E-state index contributed by atoms with van der Waals surface area (Å²) in [5.41, 5.74) is 3.94. The summed E-state index contributed by atoms with van der Waals surface area (Å²) in [6.45, 7) is 11.1. The fraction of sp³-hybridized carbons (Fsp3) is 0.481. The van der Waals surface area contributed by atoms with Gasteiger partial charge >= 0.3 is 12.2 Å². The lowest BCUT2D eigenvalue weighted by atomic mass is 9.97. The zero-order valence-corrected chi connectivity index (χ0v) is 22.5. The van der Waals surface area contributed by atoms with Crippen molar-refractivity contribution in [1.29, 1.82) is 0 Å². The maximum atomic E-state index is 12.9. The number of carbonyl (C=O) groups excluding carboxylic acids is 2. The van der Waals surface area contributed by atoms with Crippen molar-refractivity contribution in [3.63, 3.8) is 0 Å². The van der Waals surface area contributed by atoms with Crippen LogP contribution in [0.2, 0.25) is 0 Å². The van der Waals surface area contributed by atoms with Gasteiger partial charge in [0.25, 0.3) is 0 Å². The van der Waals surface area contributed by atoms with Crippen LogP contribution in [-0.4, -0.2) is 59.8 Å². The van der Waals surface area contributed by atoms with Crippen molar-refractivity contribution >= 4 is 33.8 Å². The molecule has 35 heavy (non-hydrogen) atoms. The van der Waals surface area contributed by atoms with E-state index < -0.39 is 5.60 Å². The topological polar surface area (TPSA) is 62.3 Å². The van der Waals surface area contributed by atoms with Gasteiger partial charge in [-0.3, -0.25) is 0 Å². The predicted octanol–water partition coefficient (Wildman–Crippen LogP) is 5.59. The summed E-state index contributed by atoms with van der Waals surface area (Å²) in [6, 6.07) is 13.9. The average Bonchev–Trinajstić information content (AvgIpc) is 2.82. The van der Waals surface area contributed by atoms with Crippen LogP contribution in [0.3, 0.4) is 0 Å². The smallest absolute Gasteiger partial charge is 0.410 e. The number of carbonyl (C=O) groups is 2. The number of anilines is 1. The van der Waals surface area contributed by atoms with Crippen LogP contribution in [-0.2, 0) is 29.0 Å². The van der Waals surface area contributed by atoms with Crippen LogP contribution in [0.15, 0.2) is 46.9 Å². The monoisotopic (exact) mass is 543 g/mol. The molecule has 188 valence electrons. The summed E-state index contributed by atoms with van der Waals surface area (Å²) in [7, 11) is 0. The van der Waals surface area contributed by atoms with Gasteiger partial charge in [-0.25, -0.2) is 9.59 Å². The van der Waals surface area contributed by atoms with Gasteiger partial charge in [-0.05, 0) is 62.9 Å². The highest BCUT2D eigenvalue weighted by molar-refractivity contribution is 9.10. The fourth-order valence-corrected chi connectivity index (χ4v) is 5.22. The molecule has 0 bridgehead atoms. The molecule has 0 radical (unpaired) electrons. The van der Waals surface area contributed by atoms with E-state index >= 15 is 0 Å². The average molecular weight is 544 g/mol. The van der Waals surface area contributed by atoms with Crippen LogP contribution >= 0.6 is 15.9 Å². The van der Waals surface area contributed by atoms with Crippen LogP contribution in [0.5, 0.6) is 0 Å². The zero-order valence-electron chi connectivity index (χ0n) is 20.9. The molecule has 4 rings (SSSR count). The van der Waals surface area contributed by atoms with Gasteiger partial charge in [-0.2, -0.15) is 0 Å². The maximum absolute atomic E-state index is 12.9. The molecule has 2 aromatic carbocycles. The maximum Gasteiger partial charge on any atom is 0.410 e. The highest BCUT2D eigenvalue weighted by atomic mass is 79.9. The third-order valence-electron chi connectivity index (χ3n) is 6.39. The molecule has 0 N–H and O–H groups in total. The van der Waals surface area contributed by atoms with Crippen LogP contribution in [0.25, 0.3) is 0 Å². The Kier molecular flexibility index (Phi) is 7.59. The molecule has 7 nitrogen and oxygen atoms in total. The number of benzene rings is 2. The fourth-order valence-electron chi connectivity index (χ4n) is 4.65. The number of amides is 2. The Morgan fingerprint density at radius 1 is 1.00 bits per heavy atom. The second-order valence-electron chi connectivity index (χ2n) is 10.2. The first-order valence-electron chi connectivity index (χ1n) is 12.1. The highest BCUT2D eigenvalue weighted by Gasteiger charge is 2.33. The van der Waals surface area contributed by atoms with Crippen molar-refractivity contribution in [3.8, 4) is 0 Å². The largest absolute Gasteiger partial charge is 0.445 e. The standard InChI is InChI=1S/C27H34BrN3O4/c1-19-16-29(14-15-31(19)26(33)35-27(2,3)4)24-11-10-23(28)21-12-13-30(17-22(21)24)25(32)34-18-20-8-6-5-7-9-20/h5-11,19H,12-18H2,1-4H3/t19-/m1/s1. The van der Waals surface area contributed by atoms with E-state index in [4.69, 9.17) is 9.47 Å². The molecule has 0 aromatic heterocycles. The van der Waals surface area contributed by atoms with Crippen molar-refractivity contribution in [2.24, 2.45) is 0 Å². The first kappa shape index (κ1) is 25.4. The number of ether oxygens (including phenoxy) is 2. The minimum atomic E-state index is -0.517. The summed E-state index contributed by atoms with van der Waals surface area (Å²) < 4.78 is 12.3. The van der Waals surface area contributed by atoms with Crippen LogP contribution in [0.1, 0.15) is 44.4 Å². The second kappa shape index (κ2) is 10.5. The number of halogens is 1. The van der Waals surface area contributed by atoms with E-state index in [1.54, 1.807) is 9.80 Å². The van der Waals surface area contributed by atoms with Gasteiger partial charge in [-0.15, -0.1) is 0 Å². The van der Waals surface area contributed by atoms with Crippen molar-refractivity contribution < 1.29 is 19.1 Å². The Labute approximate surface area is 216 Å². The SMILES string of the molecule is C[C@@H]1CN(c2ccc(Br)c3c2CN(C(=O)OCc2ccccc2)CC3)CCN1C(=O)OC(C)(C)C. The quantitative estimate of drug-likeness (QED) is 0.504. The van der Waals surface area contributed by atoms with Crippen LogP contribution < -0.4 is 4.90 Å². The molecular weight excluding hydrogens is 510 g/mol. The van der Waals surface area contributed by atoms with Crippen molar-refractivity contribution in [3.05, 3.63) is 63.6 Å². The summed E-state index contributed by atoms with van der Waals surface area (Å²) >= 11 is 3.70. The predicted molar refractivity (Wildman–Crippen MR) is 139 cm³/mol. The Morgan fingerprint density at radius 3 is 2.43 bits per heavy atom.